The van der Waals surface area contributed by atoms with Crippen LogP contribution in [0.2, 0.25) is 0 Å². The summed E-state index contributed by atoms with van der Waals surface area (Å²) in [4.78, 5) is 33.9. The molecule has 0 aliphatic heterocycles. The molecule has 4 N–H and O–H groups in total. The lowest BCUT2D eigenvalue weighted by molar-refractivity contribution is 0.0975. The van der Waals surface area contributed by atoms with Gasteiger partial charge in [0, 0.05) is 24.5 Å². The highest BCUT2D eigenvalue weighted by Gasteiger charge is 2.38. The SMILES string of the molecule is O=C1c2c(O)ccc(O)c2C(=O)c2c(NCCN=C(F)c3cc(F)c(F)c(F)c3F)ccc(NCCN=C(F)c3cc(F)c(F)c(F)c3F)c21. The summed E-state index contributed by atoms with van der Waals surface area (Å²) in [5.41, 5.74) is -4.75. The average Bonchev–Trinajstić information content (AvgIpc) is 3.09. The minimum absolute atomic E-state index is 0.0616. The van der Waals surface area contributed by atoms with Crippen LogP contribution in [0, 0.1) is 46.5 Å². The number of ketones is 2. The van der Waals surface area contributed by atoms with Crippen molar-refractivity contribution < 1.29 is 63.7 Å². The molecule has 0 saturated carbocycles. The number of carbonyl (C=O) groups excluding carboxylic acids is 2. The first kappa shape index (κ1) is 35.4. The summed E-state index contributed by atoms with van der Waals surface area (Å²) in [6.07, 6.45) is 0. The van der Waals surface area contributed by atoms with E-state index >= 15 is 0 Å². The molecule has 0 atom stereocenters. The van der Waals surface area contributed by atoms with Crippen LogP contribution in [0.5, 0.6) is 11.5 Å². The molecule has 4 aromatic carbocycles. The Bertz CT molecular complexity index is 2010. The van der Waals surface area contributed by atoms with Crippen molar-refractivity contribution in [3.05, 3.63) is 116 Å². The van der Waals surface area contributed by atoms with Gasteiger partial charge in [-0.25, -0.2) is 35.1 Å². The number of fused-ring (bicyclic) bond motifs is 2. The van der Waals surface area contributed by atoms with Gasteiger partial charge in [0.1, 0.15) is 11.5 Å². The minimum atomic E-state index is -2.26. The normalized spacial score (nSPS) is 13.0. The first-order valence-corrected chi connectivity index (χ1v) is 14.0. The number of nitrogens with zero attached hydrogens (tertiary/aromatic N) is 2. The molecule has 50 heavy (non-hydrogen) atoms. The molecule has 0 amide bonds. The predicted molar refractivity (Wildman–Crippen MR) is 158 cm³/mol. The smallest absolute Gasteiger partial charge is 0.218 e. The first-order valence-electron chi connectivity index (χ1n) is 14.0. The maximum absolute atomic E-state index is 14.4. The molecule has 1 aliphatic rings. The van der Waals surface area contributed by atoms with Crippen LogP contribution in [0.15, 0.2) is 46.4 Å². The van der Waals surface area contributed by atoms with Crippen LogP contribution in [0.1, 0.15) is 43.0 Å². The minimum Gasteiger partial charge on any atom is -0.507 e. The van der Waals surface area contributed by atoms with Crippen molar-refractivity contribution >= 4 is 34.9 Å². The van der Waals surface area contributed by atoms with Gasteiger partial charge in [-0.1, -0.05) is 0 Å². The van der Waals surface area contributed by atoms with Gasteiger partial charge < -0.3 is 20.8 Å². The van der Waals surface area contributed by atoms with E-state index in [-0.39, 0.29) is 47.7 Å². The zero-order valence-corrected chi connectivity index (χ0v) is 24.7. The summed E-state index contributed by atoms with van der Waals surface area (Å²) in [5, 5.41) is 26.1. The third-order valence-electron chi connectivity index (χ3n) is 7.28. The van der Waals surface area contributed by atoms with Gasteiger partial charge in [0.25, 0.3) is 0 Å². The van der Waals surface area contributed by atoms with E-state index in [2.05, 4.69) is 20.6 Å². The van der Waals surface area contributed by atoms with Gasteiger partial charge in [0.05, 0.1) is 46.5 Å². The highest BCUT2D eigenvalue weighted by molar-refractivity contribution is 6.33. The second kappa shape index (κ2) is 13.9. The summed E-state index contributed by atoms with van der Waals surface area (Å²) in [7, 11) is 0. The molecule has 1 aliphatic carbocycles. The standard InChI is InChI=1S/C32H18F10N4O4/c33-13-9-11(23(35)27(39)25(13)37)31(41)45-7-5-43-15-1-2-16(20-19(15)29(49)21-17(47)3-4-18(48)22(21)30(20)50)44-6-8-46-32(42)12-10-14(34)26(38)28(40)24(12)36/h1-4,9-10,43-44,47-48H,5-8H2. The summed E-state index contributed by atoms with van der Waals surface area (Å²) < 4.78 is 137. The van der Waals surface area contributed by atoms with E-state index in [1.54, 1.807) is 0 Å². The van der Waals surface area contributed by atoms with E-state index in [1.807, 2.05) is 0 Å². The molecular weight excluding hydrogens is 694 g/mol. The fourth-order valence-electron chi connectivity index (χ4n) is 4.96. The van der Waals surface area contributed by atoms with Crippen molar-refractivity contribution in [2.24, 2.45) is 9.98 Å². The van der Waals surface area contributed by atoms with Gasteiger partial charge in [-0.3, -0.25) is 19.6 Å². The number of hydrogen-bond donors (Lipinski definition) is 4. The van der Waals surface area contributed by atoms with E-state index in [1.165, 1.54) is 12.1 Å². The molecule has 0 spiro atoms. The zero-order chi connectivity index (χ0) is 36.6. The Morgan fingerprint density at radius 3 is 1.26 bits per heavy atom. The molecular formula is C32H18F10N4O4. The Morgan fingerprint density at radius 1 is 0.540 bits per heavy atom. The van der Waals surface area contributed by atoms with E-state index in [0.29, 0.717) is 0 Å². The van der Waals surface area contributed by atoms with Crippen LogP contribution in [0.4, 0.5) is 55.3 Å². The van der Waals surface area contributed by atoms with E-state index in [0.717, 1.165) is 12.1 Å². The number of rotatable bonds is 10. The third-order valence-corrected chi connectivity index (χ3v) is 7.28. The molecule has 0 saturated heterocycles. The number of halogens is 10. The second-order valence-corrected chi connectivity index (χ2v) is 10.3. The molecule has 0 unspecified atom stereocenters. The van der Waals surface area contributed by atoms with Gasteiger partial charge in [0.15, 0.2) is 46.5 Å². The molecule has 18 heteroatoms. The van der Waals surface area contributed by atoms with Crippen LogP contribution in [0.3, 0.4) is 0 Å². The lowest BCUT2D eigenvalue weighted by Gasteiger charge is -2.24. The van der Waals surface area contributed by atoms with Gasteiger partial charge in [-0.15, -0.1) is 0 Å². The lowest BCUT2D eigenvalue weighted by atomic mass is 9.81. The highest BCUT2D eigenvalue weighted by Crippen LogP contribution is 2.42. The zero-order valence-electron chi connectivity index (χ0n) is 24.7. The average molecular weight is 713 g/mol. The molecule has 8 nitrogen and oxygen atoms in total. The third kappa shape index (κ3) is 6.30. The van der Waals surface area contributed by atoms with Crippen LogP contribution in [-0.2, 0) is 0 Å². The summed E-state index contributed by atoms with van der Waals surface area (Å²) in [6, 6.07) is 4.48. The van der Waals surface area contributed by atoms with Crippen molar-refractivity contribution in [1.29, 1.82) is 0 Å². The van der Waals surface area contributed by atoms with Crippen LogP contribution in [0.25, 0.3) is 0 Å². The van der Waals surface area contributed by atoms with Crippen LogP contribution < -0.4 is 10.6 Å². The molecule has 4 aromatic rings. The number of anilines is 2. The molecule has 0 heterocycles. The van der Waals surface area contributed by atoms with Crippen molar-refractivity contribution in [3.63, 3.8) is 0 Å². The van der Waals surface area contributed by atoms with Gasteiger partial charge in [-0.05, 0) is 36.4 Å². The molecule has 260 valence electrons. The molecule has 0 bridgehead atoms. The number of aliphatic imine (C=N–C) groups is 2. The number of hydrogen-bond acceptors (Lipinski definition) is 8. The maximum Gasteiger partial charge on any atom is 0.218 e. The summed E-state index contributed by atoms with van der Waals surface area (Å²) >= 11 is 0. The van der Waals surface area contributed by atoms with E-state index in [9.17, 15) is 63.7 Å². The number of phenols is 2. The predicted octanol–water partition coefficient (Wildman–Crippen LogP) is 6.64. The molecule has 0 fully saturated rings. The topological polar surface area (TPSA) is 123 Å². The Balaban J connectivity index is 1.41. The first-order chi connectivity index (χ1) is 23.6. The fourth-order valence-corrected chi connectivity index (χ4v) is 4.96. The maximum atomic E-state index is 14.4. The quantitative estimate of drug-likeness (QED) is 0.0322. The summed E-state index contributed by atoms with van der Waals surface area (Å²) in [5.74, 6) is -23.3. The largest absolute Gasteiger partial charge is 0.507 e. The Morgan fingerprint density at radius 2 is 0.900 bits per heavy atom. The van der Waals surface area contributed by atoms with Crippen molar-refractivity contribution in [3.8, 4) is 11.5 Å². The summed E-state index contributed by atoms with van der Waals surface area (Å²) in [6.45, 7) is -1.87. The highest BCUT2D eigenvalue weighted by atomic mass is 19.2. The van der Waals surface area contributed by atoms with Gasteiger partial charge in [0.2, 0.25) is 23.5 Å². The number of carbonyl (C=O) groups is 2. The molecule has 5 rings (SSSR count). The van der Waals surface area contributed by atoms with Gasteiger partial charge >= 0.3 is 0 Å². The van der Waals surface area contributed by atoms with Crippen LogP contribution in [-0.4, -0.2) is 59.9 Å². The van der Waals surface area contributed by atoms with Crippen molar-refractivity contribution in [1.82, 2.24) is 0 Å². The number of benzene rings is 4. The van der Waals surface area contributed by atoms with Gasteiger partial charge in [-0.2, -0.15) is 8.78 Å². The van der Waals surface area contributed by atoms with Crippen LogP contribution >= 0.6 is 0 Å². The lowest BCUT2D eigenvalue weighted by Crippen LogP contribution is -2.25. The second-order valence-electron chi connectivity index (χ2n) is 10.3. The Hall–Kier alpha value is -5.94. The number of aromatic hydroxyl groups is 2. The number of nitrogens with one attached hydrogen (secondary N) is 2. The molecule has 0 radical (unpaired) electrons. The Kier molecular flexibility index (Phi) is 9.82. The van der Waals surface area contributed by atoms with Crippen molar-refractivity contribution in [2.75, 3.05) is 36.8 Å². The monoisotopic (exact) mass is 712 g/mol. The number of phenolic OH excluding ortho intramolecular Hbond substituents is 2. The Labute approximate surface area is 273 Å². The molecule has 0 aromatic heterocycles. The van der Waals surface area contributed by atoms with Crippen molar-refractivity contribution in [2.45, 2.75) is 0 Å². The van der Waals surface area contributed by atoms with E-state index < -0.39 is 117 Å². The van der Waals surface area contributed by atoms with E-state index in [4.69, 9.17) is 0 Å². The fraction of sp³-hybridized carbons (Fsp3) is 0.125.